The molecule has 0 radical (unpaired) electrons. The van der Waals surface area contributed by atoms with E-state index in [4.69, 9.17) is 19.2 Å². The third-order valence-electron chi connectivity index (χ3n) is 6.50. The van der Waals surface area contributed by atoms with Crippen molar-refractivity contribution < 1.29 is 19.0 Å². The van der Waals surface area contributed by atoms with Gasteiger partial charge in [-0.15, -0.1) is 11.3 Å². The van der Waals surface area contributed by atoms with E-state index >= 15 is 0 Å². The van der Waals surface area contributed by atoms with Crippen LogP contribution in [0.4, 0.5) is 5.69 Å². The third-order valence-corrected chi connectivity index (χ3v) is 7.70. The normalized spacial score (nSPS) is 19.8. The quantitative estimate of drug-likeness (QED) is 0.526. The number of ether oxygens (including phenoxy) is 3. The van der Waals surface area contributed by atoms with Gasteiger partial charge in [0.05, 0.1) is 29.5 Å². The summed E-state index contributed by atoms with van der Waals surface area (Å²) in [6.45, 7) is 9.14. The molecule has 2 aromatic carbocycles. The van der Waals surface area contributed by atoms with E-state index in [1.807, 2.05) is 40.6 Å². The van der Waals surface area contributed by atoms with Crippen molar-refractivity contribution in [3.8, 4) is 17.2 Å². The highest BCUT2D eigenvalue weighted by Gasteiger charge is 2.58. The average molecular weight is 462 g/mol. The van der Waals surface area contributed by atoms with Crippen molar-refractivity contribution in [2.24, 2.45) is 4.99 Å². The summed E-state index contributed by atoms with van der Waals surface area (Å²) in [5.74, 6) is 2.25. The number of hydrogen-bond acceptors (Lipinski definition) is 7. The Morgan fingerprint density at radius 1 is 1.18 bits per heavy atom. The Morgan fingerprint density at radius 3 is 2.76 bits per heavy atom. The van der Waals surface area contributed by atoms with Crippen molar-refractivity contribution in [2.75, 3.05) is 18.3 Å². The van der Waals surface area contributed by atoms with E-state index in [0.29, 0.717) is 36.3 Å². The van der Waals surface area contributed by atoms with Gasteiger partial charge in [0.1, 0.15) is 17.8 Å². The number of aliphatic imine (C=N–C) groups is 1. The molecule has 1 atom stereocenters. The molecule has 1 aromatic heterocycles. The molecular formula is C25H23N3O4S. The summed E-state index contributed by atoms with van der Waals surface area (Å²) < 4.78 is 17.2. The molecule has 0 N–H and O–H groups in total. The summed E-state index contributed by atoms with van der Waals surface area (Å²) in [6.07, 6.45) is 0. The third kappa shape index (κ3) is 2.83. The SMILES string of the molecule is C=NCc1cccc2c1N(Cc1csc(C(C)C)n1)C(=O)C21COc2cc3c(cc21)OCO3. The van der Waals surface area contributed by atoms with Gasteiger partial charge in [-0.25, -0.2) is 4.98 Å². The Hall–Kier alpha value is -3.39. The van der Waals surface area contributed by atoms with Crippen LogP contribution in [-0.2, 0) is 23.3 Å². The molecule has 0 aliphatic carbocycles. The Bertz CT molecular complexity index is 1300. The molecule has 168 valence electrons. The number of para-hydroxylation sites is 1. The predicted octanol–water partition coefficient (Wildman–Crippen LogP) is 4.42. The van der Waals surface area contributed by atoms with Crippen molar-refractivity contribution in [1.29, 1.82) is 0 Å². The van der Waals surface area contributed by atoms with Crippen LogP contribution in [0.5, 0.6) is 17.2 Å². The second-order valence-electron chi connectivity index (χ2n) is 8.81. The van der Waals surface area contributed by atoms with E-state index in [-0.39, 0.29) is 19.3 Å². The number of thiazole rings is 1. The van der Waals surface area contributed by atoms with Crippen molar-refractivity contribution in [3.05, 3.63) is 63.1 Å². The number of carbonyl (C=O) groups is 1. The fourth-order valence-electron chi connectivity index (χ4n) is 4.96. The maximum atomic E-state index is 14.3. The number of benzene rings is 2. The molecule has 6 rings (SSSR count). The Labute approximate surface area is 195 Å². The molecule has 4 heterocycles. The van der Waals surface area contributed by atoms with Crippen molar-refractivity contribution in [3.63, 3.8) is 0 Å². The molecule has 0 saturated heterocycles. The highest BCUT2D eigenvalue weighted by Crippen LogP contribution is 2.56. The summed E-state index contributed by atoms with van der Waals surface area (Å²) >= 11 is 1.63. The zero-order valence-corrected chi connectivity index (χ0v) is 19.3. The molecule has 1 unspecified atom stereocenters. The first kappa shape index (κ1) is 20.2. The molecular weight excluding hydrogens is 438 g/mol. The Balaban J connectivity index is 1.51. The van der Waals surface area contributed by atoms with Gasteiger partial charge in [0, 0.05) is 22.9 Å². The lowest BCUT2D eigenvalue weighted by molar-refractivity contribution is -0.122. The van der Waals surface area contributed by atoms with E-state index in [9.17, 15) is 4.79 Å². The number of carbonyl (C=O) groups excluding carboxylic acids is 1. The van der Waals surface area contributed by atoms with Gasteiger partial charge in [0.2, 0.25) is 12.7 Å². The second-order valence-corrected chi connectivity index (χ2v) is 9.70. The number of aromatic nitrogens is 1. The van der Waals surface area contributed by atoms with Crippen LogP contribution >= 0.6 is 11.3 Å². The summed E-state index contributed by atoms with van der Waals surface area (Å²) in [5.41, 5.74) is 3.51. The molecule has 0 saturated carbocycles. The van der Waals surface area contributed by atoms with Crippen LogP contribution in [0, 0.1) is 0 Å². The minimum atomic E-state index is -0.945. The predicted molar refractivity (Wildman–Crippen MR) is 126 cm³/mol. The molecule has 3 aliphatic heterocycles. The van der Waals surface area contributed by atoms with Crippen LogP contribution in [0.15, 0.2) is 40.7 Å². The number of amides is 1. The summed E-state index contributed by atoms with van der Waals surface area (Å²) in [5, 5.41) is 3.11. The topological polar surface area (TPSA) is 73.3 Å². The van der Waals surface area contributed by atoms with Gasteiger partial charge in [0.15, 0.2) is 11.5 Å². The monoisotopic (exact) mass is 461 g/mol. The first-order valence-corrected chi connectivity index (χ1v) is 11.8. The summed E-state index contributed by atoms with van der Waals surface area (Å²) in [4.78, 5) is 25.0. The van der Waals surface area contributed by atoms with Crippen LogP contribution in [0.25, 0.3) is 0 Å². The van der Waals surface area contributed by atoms with Gasteiger partial charge in [-0.05, 0) is 23.9 Å². The van der Waals surface area contributed by atoms with Crippen molar-refractivity contribution in [2.45, 2.75) is 38.3 Å². The van der Waals surface area contributed by atoms with Gasteiger partial charge in [-0.1, -0.05) is 32.0 Å². The van der Waals surface area contributed by atoms with E-state index < -0.39 is 5.41 Å². The van der Waals surface area contributed by atoms with Gasteiger partial charge in [-0.3, -0.25) is 9.79 Å². The molecule has 8 heteroatoms. The summed E-state index contributed by atoms with van der Waals surface area (Å²) in [7, 11) is 0. The van der Waals surface area contributed by atoms with Crippen LogP contribution in [0.2, 0.25) is 0 Å². The lowest BCUT2D eigenvalue weighted by Gasteiger charge is -2.23. The fraction of sp³-hybridized carbons (Fsp3) is 0.320. The molecule has 0 bridgehead atoms. The van der Waals surface area contributed by atoms with Crippen LogP contribution in [0.1, 0.15) is 47.2 Å². The first-order valence-electron chi connectivity index (χ1n) is 10.9. The van der Waals surface area contributed by atoms with E-state index in [1.54, 1.807) is 11.3 Å². The molecule has 1 amide bonds. The van der Waals surface area contributed by atoms with E-state index in [0.717, 1.165) is 33.1 Å². The molecule has 33 heavy (non-hydrogen) atoms. The highest BCUT2D eigenvalue weighted by atomic mass is 32.1. The zero-order chi connectivity index (χ0) is 22.7. The lowest BCUT2D eigenvalue weighted by Crippen LogP contribution is -2.42. The zero-order valence-electron chi connectivity index (χ0n) is 18.5. The largest absolute Gasteiger partial charge is 0.491 e. The lowest BCUT2D eigenvalue weighted by atomic mass is 9.76. The molecule has 1 spiro atoms. The number of nitrogens with zero attached hydrogens (tertiary/aromatic N) is 3. The maximum Gasteiger partial charge on any atom is 0.246 e. The fourth-order valence-corrected chi connectivity index (χ4v) is 5.79. The maximum absolute atomic E-state index is 14.3. The number of rotatable bonds is 5. The average Bonchev–Trinajstić information content (AvgIpc) is 3.57. The van der Waals surface area contributed by atoms with Gasteiger partial charge >= 0.3 is 0 Å². The summed E-state index contributed by atoms with van der Waals surface area (Å²) in [6, 6.07) is 9.72. The minimum absolute atomic E-state index is 0.0225. The van der Waals surface area contributed by atoms with Gasteiger partial charge in [0.25, 0.3) is 0 Å². The van der Waals surface area contributed by atoms with Gasteiger partial charge < -0.3 is 19.1 Å². The molecule has 0 fully saturated rings. The second kappa shape index (κ2) is 7.31. The minimum Gasteiger partial charge on any atom is -0.491 e. The smallest absolute Gasteiger partial charge is 0.246 e. The van der Waals surface area contributed by atoms with Crippen LogP contribution < -0.4 is 19.1 Å². The number of anilines is 1. The van der Waals surface area contributed by atoms with E-state index in [2.05, 4.69) is 25.6 Å². The van der Waals surface area contributed by atoms with Crippen molar-refractivity contribution in [1.82, 2.24) is 4.98 Å². The number of fused-ring (bicyclic) bond motifs is 5. The molecule has 3 aliphatic rings. The highest BCUT2D eigenvalue weighted by molar-refractivity contribution is 7.09. The molecule has 3 aromatic rings. The van der Waals surface area contributed by atoms with Crippen molar-refractivity contribution >= 4 is 29.6 Å². The van der Waals surface area contributed by atoms with Crippen LogP contribution in [0.3, 0.4) is 0 Å². The first-order chi connectivity index (χ1) is 16.0. The van der Waals surface area contributed by atoms with Crippen LogP contribution in [-0.4, -0.2) is 31.0 Å². The van der Waals surface area contributed by atoms with E-state index in [1.165, 1.54) is 0 Å². The Kier molecular flexibility index (Phi) is 4.48. The number of hydrogen-bond donors (Lipinski definition) is 0. The van der Waals surface area contributed by atoms with Gasteiger partial charge in [-0.2, -0.15) is 0 Å². The molecule has 7 nitrogen and oxygen atoms in total. The standard InChI is InChI=1S/C25H23N3O4S/c1-14(2)23-27-16(11-33-23)10-28-22-15(9-26-3)5-4-6-17(22)25(24(28)29)12-30-19-8-21-20(7-18(19)25)31-13-32-21/h4-8,11,14H,3,9-10,12-13H2,1-2H3. The Morgan fingerprint density at radius 2 is 2.00 bits per heavy atom.